The van der Waals surface area contributed by atoms with E-state index in [0.29, 0.717) is 24.2 Å². The van der Waals surface area contributed by atoms with E-state index in [1.165, 1.54) is 18.2 Å². The maximum Gasteiger partial charge on any atom is 0.572 e. The molecular formula is C24H31ClF3N3O2. The zero-order chi connectivity index (χ0) is 24.7. The van der Waals surface area contributed by atoms with E-state index in [9.17, 15) is 18.0 Å². The fourth-order valence-electron chi connectivity index (χ4n) is 3.11. The monoisotopic (exact) mass is 485 g/mol. The van der Waals surface area contributed by atoms with E-state index in [0.717, 1.165) is 31.9 Å². The van der Waals surface area contributed by atoms with Crippen molar-refractivity contribution in [1.29, 1.82) is 0 Å². The normalized spacial score (nSPS) is 13.1. The van der Waals surface area contributed by atoms with Crippen molar-refractivity contribution in [3.05, 3.63) is 52.8 Å². The Bertz CT molecular complexity index is 848. The summed E-state index contributed by atoms with van der Waals surface area (Å²) in [5.74, 6) is 1.56. The molecule has 1 atom stereocenters. The molecule has 0 radical (unpaired) electrons. The van der Waals surface area contributed by atoms with E-state index in [4.69, 9.17) is 18.0 Å². The molecule has 0 fully saturated rings. The molecule has 9 heteroatoms. The number of ether oxygens (including phenoxy) is 1. The first kappa shape index (κ1) is 28.6. The summed E-state index contributed by atoms with van der Waals surface area (Å²) >= 11 is 6.29. The molecule has 1 rings (SSSR count). The maximum atomic E-state index is 12.8. The van der Waals surface area contributed by atoms with Crippen molar-refractivity contribution < 1.29 is 22.7 Å². The Morgan fingerprint density at radius 3 is 2.55 bits per heavy atom. The lowest BCUT2D eigenvalue weighted by Gasteiger charge is -2.18. The number of amides is 1. The fraction of sp³-hybridized carbons (Fsp3) is 0.458. The maximum absolute atomic E-state index is 12.8. The van der Waals surface area contributed by atoms with Crippen LogP contribution in [-0.4, -0.2) is 39.5 Å². The first-order chi connectivity index (χ1) is 15.7. The van der Waals surface area contributed by atoms with Crippen LogP contribution in [0.15, 0.2) is 42.2 Å². The van der Waals surface area contributed by atoms with Crippen LogP contribution < -0.4 is 16.0 Å². The van der Waals surface area contributed by atoms with Crippen LogP contribution in [0.2, 0.25) is 5.02 Å². The summed E-state index contributed by atoms with van der Waals surface area (Å²) in [7, 11) is 3.72. The second-order valence-electron chi connectivity index (χ2n) is 7.37. The minimum atomic E-state index is -4.84. The van der Waals surface area contributed by atoms with Crippen LogP contribution in [0.5, 0.6) is 0 Å². The lowest BCUT2D eigenvalue weighted by atomic mass is 9.97. The smallest absolute Gasteiger partial charge is 0.410 e. The average molecular weight is 486 g/mol. The van der Waals surface area contributed by atoms with E-state index >= 15 is 0 Å². The number of alkyl halides is 3. The first-order valence-electron chi connectivity index (χ1n) is 10.7. The van der Waals surface area contributed by atoms with Crippen molar-refractivity contribution in [2.75, 3.05) is 32.5 Å². The minimum absolute atomic E-state index is 0.112. The Morgan fingerprint density at radius 2 is 1.94 bits per heavy atom. The molecule has 1 aromatic rings. The number of carbonyl (C=O) groups excluding carboxylic acids is 1. The van der Waals surface area contributed by atoms with E-state index in [1.807, 2.05) is 14.1 Å². The third-order valence-electron chi connectivity index (χ3n) is 4.75. The van der Waals surface area contributed by atoms with Crippen LogP contribution in [0, 0.1) is 18.3 Å². The van der Waals surface area contributed by atoms with Gasteiger partial charge in [-0.3, -0.25) is 4.79 Å². The van der Waals surface area contributed by atoms with Crippen LogP contribution in [0.4, 0.5) is 18.9 Å². The molecule has 0 aliphatic rings. The molecule has 0 aliphatic carbocycles. The second-order valence-corrected chi connectivity index (χ2v) is 7.77. The number of rotatable bonds is 14. The molecular weight excluding hydrogens is 455 g/mol. The summed E-state index contributed by atoms with van der Waals surface area (Å²) in [5.41, 5.74) is 0.894. The van der Waals surface area contributed by atoms with Crippen LogP contribution >= 0.6 is 11.6 Å². The van der Waals surface area contributed by atoms with Crippen molar-refractivity contribution in [3.63, 3.8) is 0 Å². The predicted octanol–water partition coefficient (Wildman–Crippen LogP) is 5.05. The Labute approximate surface area is 198 Å². The lowest BCUT2D eigenvalue weighted by Crippen LogP contribution is -2.26. The number of hydrogen-bond donors (Lipinski definition) is 3. The molecule has 5 nitrogen and oxygen atoms in total. The van der Waals surface area contributed by atoms with E-state index < -0.39 is 6.36 Å². The highest BCUT2D eigenvalue weighted by Gasteiger charge is 2.32. The van der Waals surface area contributed by atoms with Gasteiger partial charge in [-0.25, -0.2) is 0 Å². The molecule has 1 amide bonds. The Kier molecular flexibility index (Phi) is 13.3. The summed E-state index contributed by atoms with van der Waals surface area (Å²) in [6.07, 6.45) is 7.06. The van der Waals surface area contributed by atoms with Gasteiger partial charge < -0.3 is 20.7 Å². The summed E-state index contributed by atoms with van der Waals surface area (Å²) in [5, 5.41) is 9.23. The molecule has 0 heterocycles. The van der Waals surface area contributed by atoms with Crippen LogP contribution in [0.1, 0.15) is 31.2 Å². The van der Waals surface area contributed by atoms with Gasteiger partial charge in [0.05, 0.1) is 0 Å². The summed E-state index contributed by atoms with van der Waals surface area (Å²) in [4.78, 5) is 12.8. The van der Waals surface area contributed by atoms with Crippen molar-refractivity contribution in [2.24, 2.45) is 5.92 Å². The Balaban J connectivity index is 2.89. The van der Waals surface area contributed by atoms with Gasteiger partial charge in [-0.2, -0.15) is 0 Å². The molecule has 0 aliphatic heterocycles. The summed E-state index contributed by atoms with van der Waals surface area (Å²) in [6, 6.07) is 4.69. The number of benzene rings is 1. The van der Waals surface area contributed by atoms with E-state index in [2.05, 4.69) is 26.6 Å². The van der Waals surface area contributed by atoms with Crippen molar-refractivity contribution in [3.8, 4) is 12.3 Å². The van der Waals surface area contributed by atoms with Crippen molar-refractivity contribution in [1.82, 2.24) is 10.6 Å². The van der Waals surface area contributed by atoms with Gasteiger partial charge in [0.1, 0.15) is 5.76 Å². The van der Waals surface area contributed by atoms with Gasteiger partial charge in [-0.1, -0.05) is 36.1 Å². The van der Waals surface area contributed by atoms with Gasteiger partial charge in [0, 0.05) is 23.0 Å². The molecule has 0 saturated heterocycles. The van der Waals surface area contributed by atoms with Crippen LogP contribution in [0.25, 0.3) is 0 Å². The Hall–Kier alpha value is -2.47. The van der Waals surface area contributed by atoms with Crippen molar-refractivity contribution >= 4 is 23.2 Å². The molecule has 0 saturated carbocycles. The number of nitrogens with one attached hydrogen (secondary N) is 3. The highest BCUT2D eigenvalue weighted by molar-refractivity contribution is 6.31. The third kappa shape index (κ3) is 12.4. The number of allylic oxidation sites excluding steroid dienone is 4. The SMILES string of the molecule is C#C/C=C\C=C(/Cc1ccc(NC(=O)C(CCCCNC)CCNC)cc1Cl)OC(F)(F)F. The number of halogens is 4. The minimum Gasteiger partial charge on any atom is -0.410 e. The summed E-state index contributed by atoms with van der Waals surface area (Å²) < 4.78 is 42.2. The number of hydrogen-bond acceptors (Lipinski definition) is 4. The zero-order valence-corrected chi connectivity index (χ0v) is 19.7. The van der Waals surface area contributed by atoms with Gasteiger partial charge in [0.25, 0.3) is 0 Å². The van der Waals surface area contributed by atoms with Gasteiger partial charge >= 0.3 is 6.36 Å². The number of unbranched alkanes of at least 4 members (excludes halogenated alkanes) is 1. The number of terminal acetylenes is 1. The van der Waals surface area contributed by atoms with Gasteiger partial charge in [-0.15, -0.1) is 19.6 Å². The van der Waals surface area contributed by atoms with E-state index in [1.54, 1.807) is 12.1 Å². The van der Waals surface area contributed by atoms with Gasteiger partial charge in [0.15, 0.2) is 0 Å². The molecule has 1 unspecified atom stereocenters. The lowest BCUT2D eigenvalue weighted by molar-refractivity contribution is -0.306. The predicted molar refractivity (Wildman–Crippen MR) is 127 cm³/mol. The highest BCUT2D eigenvalue weighted by atomic mass is 35.5. The van der Waals surface area contributed by atoms with Gasteiger partial charge in [-0.05, 0) is 76.3 Å². The number of carbonyl (C=O) groups is 1. The van der Waals surface area contributed by atoms with Gasteiger partial charge in [0.2, 0.25) is 5.91 Å². The molecule has 0 bridgehead atoms. The van der Waals surface area contributed by atoms with Crippen LogP contribution in [-0.2, 0) is 16.0 Å². The van der Waals surface area contributed by atoms with Crippen molar-refractivity contribution in [2.45, 2.75) is 38.5 Å². The molecule has 0 aromatic heterocycles. The zero-order valence-electron chi connectivity index (χ0n) is 18.9. The molecule has 182 valence electrons. The highest BCUT2D eigenvalue weighted by Crippen LogP contribution is 2.28. The second kappa shape index (κ2) is 15.4. The largest absolute Gasteiger partial charge is 0.572 e. The number of anilines is 1. The molecule has 0 spiro atoms. The average Bonchev–Trinajstić information content (AvgIpc) is 2.74. The topological polar surface area (TPSA) is 62.4 Å². The summed E-state index contributed by atoms with van der Waals surface area (Å²) in [6.45, 7) is 1.61. The first-order valence-corrected chi connectivity index (χ1v) is 11.0. The van der Waals surface area contributed by atoms with E-state index in [-0.39, 0.29) is 29.0 Å². The third-order valence-corrected chi connectivity index (χ3v) is 5.10. The standard InChI is InChI=1S/C24H31ClF3N3O2/c1-4-5-6-10-21(33-24(26,27)28)16-19-11-12-20(17-22(19)25)31-23(32)18(13-15-30-3)9-7-8-14-29-2/h1,5-6,10-12,17-18,29-30H,7-9,13-16H2,2-3H3,(H,31,32)/b6-5-,21-10+. The molecule has 3 N–H and O–H groups in total. The quantitative estimate of drug-likeness (QED) is 0.149. The Morgan fingerprint density at radius 1 is 1.21 bits per heavy atom. The molecule has 1 aromatic carbocycles. The van der Waals surface area contributed by atoms with Crippen LogP contribution in [0.3, 0.4) is 0 Å². The fourth-order valence-corrected chi connectivity index (χ4v) is 3.35. The molecule has 33 heavy (non-hydrogen) atoms.